The lowest BCUT2D eigenvalue weighted by Crippen LogP contribution is -2.26. The van der Waals surface area contributed by atoms with E-state index in [1.165, 1.54) is 0 Å². The van der Waals surface area contributed by atoms with Gasteiger partial charge in [0.05, 0.1) is 12.5 Å². The van der Waals surface area contributed by atoms with Crippen LogP contribution in [0.1, 0.15) is 23.8 Å². The summed E-state index contributed by atoms with van der Waals surface area (Å²) < 4.78 is 0. The molecule has 0 radical (unpaired) electrons. The number of nitriles is 1. The molecule has 0 aliphatic rings. The first-order chi connectivity index (χ1) is 8.22. The number of rotatable bonds is 5. The van der Waals surface area contributed by atoms with E-state index >= 15 is 0 Å². The van der Waals surface area contributed by atoms with Gasteiger partial charge >= 0.3 is 0 Å². The first-order valence-corrected chi connectivity index (χ1v) is 5.40. The summed E-state index contributed by atoms with van der Waals surface area (Å²) in [5, 5.41) is 18.8. The van der Waals surface area contributed by atoms with Gasteiger partial charge in [-0.25, -0.2) is 0 Å². The van der Waals surface area contributed by atoms with Crippen LogP contribution in [0, 0.1) is 11.3 Å². The molecule has 1 N–H and O–H groups in total. The summed E-state index contributed by atoms with van der Waals surface area (Å²) in [6.45, 7) is 3.34. The SMILES string of the molecule is CCN(CCC#N)c1ccc(C(=O)NC)nn1. The fourth-order valence-corrected chi connectivity index (χ4v) is 1.36. The Hall–Kier alpha value is -2.16. The average Bonchev–Trinajstić information content (AvgIpc) is 2.39. The van der Waals surface area contributed by atoms with Crippen molar-refractivity contribution >= 4 is 11.7 Å². The van der Waals surface area contributed by atoms with E-state index in [1.54, 1.807) is 19.2 Å². The van der Waals surface area contributed by atoms with Crippen molar-refractivity contribution in [2.75, 3.05) is 25.0 Å². The monoisotopic (exact) mass is 233 g/mol. The molecular formula is C11H15N5O. The van der Waals surface area contributed by atoms with E-state index in [0.29, 0.717) is 18.8 Å². The second kappa shape index (κ2) is 6.43. The van der Waals surface area contributed by atoms with Crippen LogP contribution < -0.4 is 10.2 Å². The van der Waals surface area contributed by atoms with Gasteiger partial charge in [0, 0.05) is 20.1 Å². The lowest BCUT2D eigenvalue weighted by molar-refractivity contribution is 0.0957. The molecule has 17 heavy (non-hydrogen) atoms. The van der Waals surface area contributed by atoms with Gasteiger partial charge in [-0.3, -0.25) is 4.79 Å². The van der Waals surface area contributed by atoms with E-state index < -0.39 is 0 Å². The predicted octanol–water partition coefficient (Wildman–Crippen LogP) is 0.576. The van der Waals surface area contributed by atoms with Crippen molar-refractivity contribution in [1.29, 1.82) is 5.26 Å². The first-order valence-electron chi connectivity index (χ1n) is 5.40. The Morgan fingerprint density at radius 2 is 2.29 bits per heavy atom. The van der Waals surface area contributed by atoms with Crippen LogP contribution in [0.15, 0.2) is 12.1 Å². The number of hydrogen-bond donors (Lipinski definition) is 1. The summed E-state index contributed by atoms with van der Waals surface area (Å²) in [5.74, 6) is 0.416. The van der Waals surface area contributed by atoms with E-state index in [-0.39, 0.29) is 11.6 Å². The second-order valence-corrected chi connectivity index (χ2v) is 3.34. The third-order valence-corrected chi connectivity index (χ3v) is 2.31. The summed E-state index contributed by atoms with van der Waals surface area (Å²) in [6.07, 6.45) is 0.437. The quantitative estimate of drug-likeness (QED) is 0.804. The van der Waals surface area contributed by atoms with E-state index in [1.807, 2.05) is 11.8 Å². The van der Waals surface area contributed by atoms with Crippen molar-refractivity contribution in [2.24, 2.45) is 0 Å². The van der Waals surface area contributed by atoms with Gasteiger partial charge in [0.2, 0.25) is 0 Å². The molecule has 0 saturated heterocycles. The summed E-state index contributed by atoms with van der Waals surface area (Å²) in [4.78, 5) is 13.2. The van der Waals surface area contributed by atoms with Gasteiger partial charge in [0.1, 0.15) is 0 Å². The number of aromatic nitrogens is 2. The van der Waals surface area contributed by atoms with Crippen LogP contribution in [0.3, 0.4) is 0 Å². The number of carbonyl (C=O) groups is 1. The zero-order chi connectivity index (χ0) is 12.7. The Morgan fingerprint density at radius 1 is 1.53 bits per heavy atom. The van der Waals surface area contributed by atoms with Gasteiger partial charge in [-0.15, -0.1) is 10.2 Å². The minimum Gasteiger partial charge on any atom is -0.354 e. The number of amides is 1. The van der Waals surface area contributed by atoms with Crippen LogP contribution in [0.25, 0.3) is 0 Å². The van der Waals surface area contributed by atoms with Gasteiger partial charge in [-0.1, -0.05) is 0 Å². The molecule has 1 aromatic heterocycles. The standard InChI is InChI=1S/C11H15N5O/c1-3-16(8-4-7-12)10-6-5-9(14-15-10)11(17)13-2/h5-6H,3-4,8H2,1-2H3,(H,13,17). The van der Waals surface area contributed by atoms with E-state index in [0.717, 1.165) is 6.54 Å². The van der Waals surface area contributed by atoms with Crippen molar-refractivity contribution in [2.45, 2.75) is 13.3 Å². The summed E-state index contributed by atoms with van der Waals surface area (Å²) in [7, 11) is 1.54. The summed E-state index contributed by atoms with van der Waals surface area (Å²) in [6, 6.07) is 5.44. The first kappa shape index (κ1) is 12.9. The minimum absolute atomic E-state index is 0.260. The molecule has 0 unspecified atom stereocenters. The molecule has 0 aliphatic heterocycles. The molecule has 1 aromatic rings. The normalized spacial score (nSPS) is 9.47. The largest absolute Gasteiger partial charge is 0.354 e. The number of anilines is 1. The van der Waals surface area contributed by atoms with Crippen molar-refractivity contribution < 1.29 is 4.79 Å². The highest BCUT2D eigenvalue weighted by atomic mass is 16.1. The number of carbonyl (C=O) groups excluding carboxylic acids is 1. The molecule has 1 rings (SSSR count). The van der Waals surface area contributed by atoms with Crippen molar-refractivity contribution in [3.8, 4) is 6.07 Å². The Bertz CT molecular complexity index is 409. The molecular weight excluding hydrogens is 218 g/mol. The lowest BCUT2D eigenvalue weighted by atomic mass is 10.3. The highest BCUT2D eigenvalue weighted by Crippen LogP contribution is 2.09. The van der Waals surface area contributed by atoms with Gasteiger partial charge in [-0.2, -0.15) is 5.26 Å². The van der Waals surface area contributed by atoms with E-state index in [9.17, 15) is 4.79 Å². The van der Waals surface area contributed by atoms with E-state index in [4.69, 9.17) is 5.26 Å². The highest BCUT2D eigenvalue weighted by Gasteiger charge is 2.09. The fraction of sp³-hybridized carbons (Fsp3) is 0.455. The van der Waals surface area contributed by atoms with Crippen LogP contribution in [-0.2, 0) is 0 Å². The maximum Gasteiger partial charge on any atom is 0.271 e. The molecule has 0 atom stereocenters. The average molecular weight is 233 g/mol. The minimum atomic E-state index is -0.260. The predicted molar refractivity (Wildman–Crippen MR) is 63.5 cm³/mol. The van der Waals surface area contributed by atoms with Crippen LogP contribution in [0.5, 0.6) is 0 Å². The molecule has 0 bridgehead atoms. The van der Waals surface area contributed by atoms with Crippen LogP contribution in [0.4, 0.5) is 5.82 Å². The van der Waals surface area contributed by atoms with Gasteiger partial charge < -0.3 is 10.2 Å². The van der Waals surface area contributed by atoms with Crippen LogP contribution in [-0.4, -0.2) is 36.2 Å². The Morgan fingerprint density at radius 3 is 2.76 bits per heavy atom. The van der Waals surface area contributed by atoms with Crippen LogP contribution in [0.2, 0.25) is 0 Å². The fourth-order valence-electron chi connectivity index (χ4n) is 1.36. The molecule has 6 nitrogen and oxygen atoms in total. The Kier molecular flexibility index (Phi) is 4.88. The Labute approximate surface area is 100 Å². The highest BCUT2D eigenvalue weighted by molar-refractivity contribution is 5.91. The van der Waals surface area contributed by atoms with E-state index in [2.05, 4.69) is 21.6 Å². The molecule has 1 heterocycles. The maximum absolute atomic E-state index is 11.3. The van der Waals surface area contributed by atoms with Crippen molar-refractivity contribution in [1.82, 2.24) is 15.5 Å². The molecule has 0 aromatic carbocycles. The molecule has 6 heteroatoms. The van der Waals surface area contributed by atoms with Crippen molar-refractivity contribution in [3.05, 3.63) is 17.8 Å². The second-order valence-electron chi connectivity index (χ2n) is 3.34. The number of nitrogens with zero attached hydrogens (tertiary/aromatic N) is 4. The zero-order valence-corrected chi connectivity index (χ0v) is 9.97. The Balaban J connectivity index is 2.78. The molecule has 1 amide bonds. The smallest absolute Gasteiger partial charge is 0.271 e. The molecule has 0 aliphatic carbocycles. The van der Waals surface area contributed by atoms with Gasteiger partial charge in [0.15, 0.2) is 11.5 Å². The third kappa shape index (κ3) is 3.41. The van der Waals surface area contributed by atoms with Crippen molar-refractivity contribution in [3.63, 3.8) is 0 Å². The van der Waals surface area contributed by atoms with Crippen LogP contribution >= 0.6 is 0 Å². The lowest BCUT2D eigenvalue weighted by Gasteiger charge is -2.19. The molecule has 0 saturated carbocycles. The molecule has 0 spiro atoms. The summed E-state index contributed by atoms with van der Waals surface area (Å²) in [5.41, 5.74) is 0.285. The topological polar surface area (TPSA) is 81.9 Å². The van der Waals surface area contributed by atoms with Gasteiger partial charge in [0.25, 0.3) is 5.91 Å². The number of hydrogen-bond acceptors (Lipinski definition) is 5. The number of nitrogens with one attached hydrogen (secondary N) is 1. The zero-order valence-electron chi connectivity index (χ0n) is 9.97. The maximum atomic E-state index is 11.3. The summed E-state index contributed by atoms with van der Waals surface area (Å²) >= 11 is 0. The van der Waals surface area contributed by atoms with Gasteiger partial charge in [-0.05, 0) is 19.1 Å². The molecule has 0 fully saturated rings. The third-order valence-electron chi connectivity index (χ3n) is 2.31. The molecule has 90 valence electrons.